The molecule has 1 saturated heterocycles. The van der Waals surface area contributed by atoms with E-state index in [4.69, 9.17) is 0 Å². The minimum Gasteiger partial charge on any atom is -0.323 e. The quantitative estimate of drug-likeness (QED) is 0.533. The van der Waals surface area contributed by atoms with Crippen LogP contribution in [0, 0.1) is 17.6 Å². The first-order valence-electron chi connectivity index (χ1n) is 8.02. The van der Waals surface area contributed by atoms with Gasteiger partial charge in [-0.1, -0.05) is 18.2 Å². The zero-order valence-electron chi connectivity index (χ0n) is 13.7. The Bertz CT molecular complexity index is 841. The van der Waals surface area contributed by atoms with Gasteiger partial charge in [0.05, 0.1) is 22.5 Å². The Labute approximate surface area is 157 Å². The van der Waals surface area contributed by atoms with Gasteiger partial charge in [-0.3, -0.25) is 4.79 Å². The molecule has 3 unspecified atom stereocenters. The second-order valence-corrected chi connectivity index (χ2v) is 6.75. The van der Waals surface area contributed by atoms with Gasteiger partial charge in [0, 0.05) is 12.5 Å². The highest BCUT2D eigenvalue weighted by Crippen LogP contribution is 2.36. The second-order valence-electron chi connectivity index (χ2n) is 6.20. The first-order chi connectivity index (χ1) is 12.7. The van der Waals surface area contributed by atoms with E-state index < -0.39 is 46.5 Å². The topological polar surface area (TPSA) is 41.1 Å². The van der Waals surface area contributed by atoms with Gasteiger partial charge in [0.1, 0.15) is 0 Å². The standard InChI is InChI=1S/C18H15F5N2OS/c19-12-2-1-3-13(15(12)20)25-16(26)14-11(8-24-17(14)27)9-4-6-10(7-5-9)18(21,22)23/h1-7,11,14,17,24,27H,8H2,(H,25,26). The molecule has 1 aliphatic heterocycles. The number of carbonyl (C=O) groups is 1. The summed E-state index contributed by atoms with van der Waals surface area (Å²) in [5, 5.41) is 4.72. The summed E-state index contributed by atoms with van der Waals surface area (Å²) >= 11 is 4.30. The van der Waals surface area contributed by atoms with Crippen molar-refractivity contribution in [2.24, 2.45) is 5.92 Å². The molecule has 0 aromatic heterocycles. The van der Waals surface area contributed by atoms with Crippen LogP contribution in [-0.2, 0) is 11.0 Å². The van der Waals surface area contributed by atoms with Crippen molar-refractivity contribution in [1.29, 1.82) is 0 Å². The fourth-order valence-corrected chi connectivity index (χ4v) is 3.56. The van der Waals surface area contributed by atoms with Gasteiger partial charge in [-0.05, 0) is 29.8 Å². The SMILES string of the molecule is O=C(Nc1cccc(F)c1F)C1C(S)NCC1c1ccc(C(F)(F)F)cc1. The van der Waals surface area contributed by atoms with Gasteiger partial charge in [0.2, 0.25) is 5.91 Å². The number of nitrogens with one attached hydrogen (secondary N) is 2. The first-order valence-corrected chi connectivity index (χ1v) is 8.53. The summed E-state index contributed by atoms with van der Waals surface area (Å²) in [6, 6.07) is 7.92. The van der Waals surface area contributed by atoms with Gasteiger partial charge in [-0.2, -0.15) is 25.8 Å². The molecule has 9 heteroatoms. The van der Waals surface area contributed by atoms with E-state index in [0.29, 0.717) is 12.1 Å². The molecule has 2 aromatic rings. The molecule has 2 aromatic carbocycles. The second kappa shape index (κ2) is 7.47. The molecule has 3 atom stereocenters. The van der Waals surface area contributed by atoms with Crippen LogP contribution in [-0.4, -0.2) is 17.8 Å². The van der Waals surface area contributed by atoms with Crippen LogP contribution in [0.25, 0.3) is 0 Å². The lowest BCUT2D eigenvalue weighted by molar-refractivity contribution is -0.137. The number of carbonyl (C=O) groups excluding carboxylic acids is 1. The van der Waals surface area contributed by atoms with E-state index in [1.165, 1.54) is 24.3 Å². The molecule has 1 aliphatic rings. The van der Waals surface area contributed by atoms with Crippen LogP contribution < -0.4 is 10.6 Å². The van der Waals surface area contributed by atoms with E-state index >= 15 is 0 Å². The van der Waals surface area contributed by atoms with Crippen molar-refractivity contribution in [1.82, 2.24) is 5.32 Å². The van der Waals surface area contributed by atoms with Gasteiger partial charge >= 0.3 is 6.18 Å². The van der Waals surface area contributed by atoms with Gasteiger partial charge in [-0.25, -0.2) is 8.78 Å². The number of halogens is 5. The van der Waals surface area contributed by atoms with Crippen molar-refractivity contribution in [3.63, 3.8) is 0 Å². The van der Waals surface area contributed by atoms with Crippen molar-refractivity contribution in [3.8, 4) is 0 Å². The van der Waals surface area contributed by atoms with Gasteiger partial charge in [0.25, 0.3) is 0 Å². The third-order valence-electron chi connectivity index (χ3n) is 4.50. The molecule has 0 bridgehead atoms. The van der Waals surface area contributed by atoms with Gasteiger partial charge in [-0.15, -0.1) is 0 Å². The van der Waals surface area contributed by atoms with Crippen LogP contribution in [0.15, 0.2) is 42.5 Å². The Morgan fingerprint density at radius 1 is 1.11 bits per heavy atom. The maximum atomic E-state index is 13.8. The molecule has 27 heavy (non-hydrogen) atoms. The largest absolute Gasteiger partial charge is 0.416 e. The monoisotopic (exact) mass is 402 g/mol. The Balaban J connectivity index is 1.82. The summed E-state index contributed by atoms with van der Waals surface area (Å²) in [4.78, 5) is 12.6. The first kappa shape index (κ1) is 19.6. The summed E-state index contributed by atoms with van der Waals surface area (Å²) in [5.74, 6) is -4.13. The van der Waals surface area contributed by atoms with E-state index in [1.54, 1.807) is 0 Å². The van der Waals surface area contributed by atoms with E-state index in [-0.39, 0.29) is 5.69 Å². The van der Waals surface area contributed by atoms with Crippen LogP contribution >= 0.6 is 12.6 Å². The molecular formula is C18H15F5N2OS. The third-order valence-corrected chi connectivity index (χ3v) is 5.00. The van der Waals surface area contributed by atoms with Crippen molar-refractivity contribution in [3.05, 3.63) is 65.2 Å². The normalized spacial score (nSPS) is 22.7. The average Bonchev–Trinajstić information content (AvgIpc) is 3.00. The summed E-state index contributed by atoms with van der Waals surface area (Å²) < 4.78 is 65.3. The fourth-order valence-electron chi connectivity index (χ4n) is 3.11. The number of thiol groups is 1. The summed E-state index contributed by atoms with van der Waals surface area (Å²) in [6.07, 6.45) is -4.45. The van der Waals surface area contributed by atoms with Crippen molar-refractivity contribution in [2.75, 3.05) is 11.9 Å². The fraction of sp³-hybridized carbons (Fsp3) is 0.278. The Morgan fingerprint density at radius 2 is 1.78 bits per heavy atom. The summed E-state index contributed by atoms with van der Waals surface area (Å²) in [7, 11) is 0. The highest BCUT2D eigenvalue weighted by atomic mass is 32.1. The predicted molar refractivity (Wildman–Crippen MR) is 93.4 cm³/mol. The lowest BCUT2D eigenvalue weighted by Gasteiger charge is -2.21. The molecule has 2 N–H and O–H groups in total. The molecule has 1 fully saturated rings. The average molecular weight is 402 g/mol. The molecule has 3 rings (SSSR count). The lowest BCUT2D eigenvalue weighted by Crippen LogP contribution is -2.33. The van der Waals surface area contributed by atoms with Gasteiger partial charge in [0.15, 0.2) is 11.6 Å². The number of benzene rings is 2. The number of hydrogen-bond acceptors (Lipinski definition) is 3. The van der Waals surface area contributed by atoms with Crippen molar-refractivity contribution < 1.29 is 26.7 Å². The number of hydrogen-bond donors (Lipinski definition) is 3. The maximum Gasteiger partial charge on any atom is 0.416 e. The van der Waals surface area contributed by atoms with E-state index in [2.05, 4.69) is 23.3 Å². The smallest absolute Gasteiger partial charge is 0.323 e. The Morgan fingerprint density at radius 3 is 2.41 bits per heavy atom. The lowest BCUT2D eigenvalue weighted by atomic mass is 9.87. The number of amides is 1. The molecule has 0 radical (unpaired) electrons. The molecule has 0 spiro atoms. The number of rotatable bonds is 3. The Hall–Kier alpha value is -2.13. The molecule has 0 saturated carbocycles. The highest BCUT2D eigenvalue weighted by molar-refractivity contribution is 7.81. The molecular weight excluding hydrogens is 387 g/mol. The minimum atomic E-state index is -4.45. The van der Waals surface area contributed by atoms with E-state index in [0.717, 1.165) is 18.2 Å². The number of alkyl halides is 3. The zero-order chi connectivity index (χ0) is 19.8. The Kier molecular flexibility index (Phi) is 5.43. The molecule has 3 nitrogen and oxygen atoms in total. The van der Waals surface area contributed by atoms with Gasteiger partial charge < -0.3 is 10.6 Å². The maximum absolute atomic E-state index is 13.8. The van der Waals surface area contributed by atoms with Crippen LogP contribution in [0.2, 0.25) is 0 Å². The number of anilines is 1. The van der Waals surface area contributed by atoms with Crippen LogP contribution in [0.5, 0.6) is 0 Å². The molecule has 1 heterocycles. The summed E-state index contributed by atoms with van der Waals surface area (Å²) in [5.41, 5.74) is -0.576. The van der Waals surface area contributed by atoms with Crippen LogP contribution in [0.4, 0.5) is 27.6 Å². The predicted octanol–water partition coefficient (Wildman–Crippen LogP) is 4.18. The summed E-state index contributed by atoms with van der Waals surface area (Å²) in [6.45, 7) is 0.309. The third kappa shape index (κ3) is 4.08. The molecule has 144 valence electrons. The van der Waals surface area contributed by atoms with Crippen molar-refractivity contribution in [2.45, 2.75) is 17.5 Å². The highest BCUT2D eigenvalue weighted by Gasteiger charge is 2.40. The van der Waals surface area contributed by atoms with E-state index in [1.807, 2.05) is 0 Å². The van der Waals surface area contributed by atoms with E-state index in [9.17, 15) is 26.7 Å². The zero-order valence-corrected chi connectivity index (χ0v) is 14.6. The minimum absolute atomic E-state index is 0.307. The van der Waals surface area contributed by atoms with Crippen LogP contribution in [0.3, 0.4) is 0 Å². The molecule has 1 amide bonds. The molecule has 0 aliphatic carbocycles. The van der Waals surface area contributed by atoms with Crippen molar-refractivity contribution >= 4 is 24.2 Å². The van der Waals surface area contributed by atoms with Crippen LogP contribution in [0.1, 0.15) is 17.0 Å².